The molecule has 1 atom stereocenters. The molecule has 0 aliphatic carbocycles. The third-order valence-electron chi connectivity index (χ3n) is 3.86. The summed E-state index contributed by atoms with van der Waals surface area (Å²) in [4.78, 5) is 12.3. The smallest absolute Gasteiger partial charge is 0.255 e. The number of rotatable bonds is 2. The normalized spacial score (nSPS) is 17.9. The van der Waals surface area contributed by atoms with Crippen LogP contribution in [0.4, 0.5) is 0 Å². The van der Waals surface area contributed by atoms with Crippen LogP contribution in [-0.2, 0) is 13.0 Å². The van der Waals surface area contributed by atoms with Gasteiger partial charge < -0.3 is 15.0 Å². The molecule has 6 nitrogen and oxygen atoms in total. The third-order valence-corrected chi connectivity index (χ3v) is 3.86. The topological polar surface area (TPSA) is 80.0 Å². The van der Waals surface area contributed by atoms with E-state index >= 15 is 0 Å². The minimum absolute atomic E-state index is 0.0175. The van der Waals surface area contributed by atoms with E-state index in [1.54, 1.807) is 24.5 Å². The number of nitrogens with one attached hydrogen (secondary N) is 1. The first kappa shape index (κ1) is 13.6. The number of phenolic OH excluding ortho intramolecular Hbond substituents is 1. The Labute approximate surface area is 122 Å². The number of nitrogens with zero attached hydrogens (tertiary/aromatic N) is 3. The molecule has 1 aromatic carbocycles. The summed E-state index contributed by atoms with van der Waals surface area (Å²) in [5.74, 6) is 0.757. The Kier molecular flexibility index (Phi) is 3.60. The Balaban J connectivity index is 1.68. The quantitative estimate of drug-likeness (QED) is 0.875. The zero-order valence-electron chi connectivity index (χ0n) is 11.9. The van der Waals surface area contributed by atoms with Crippen LogP contribution in [0.3, 0.4) is 0 Å². The summed E-state index contributed by atoms with van der Waals surface area (Å²) in [6.07, 6.45) is 4.19. The minimum Gasteiger partial charge on any atom is -0.507 e. The number of benzene rings is 1. The molecule has 110 valence electrons. The van der Waals surface area contributed by atoms with E-state index in [9.17, 15) is 9.90 Å². The van der Waals surface area contributed by atoms with Gasteiger partial charge >= 0.3 is 0 Å². The zero-order chi connectivity index (χ0) is 14.8. The Hall–Kier alpha value is -2.37. The Morgan fingerprint density at radius 1 is 1.43 bits per heavy atom. The van der Waals surface area contributed by atoms with Crippen LogP contribution in [0.2, 0.25) is 0 Å². The van der Waals surface area contributed by atoms with Gasteiger partial charge in [0.1, 0.15) is 17.9 Å². The van der Waals surface area contributed by atoms with Crippen LogP contribution < -0.4 is 5.32 Å². The van der Waals surface area contributed by atoms with Crippen molar-refractivity contribution in [3.8, 4) is 5.75 Å². The standard InChI is InChI=1S/C15H18N4O2/c1-10-2-4-13(20)12(8-10)15(21)17-11-3-5-14-18-16-9-19(14)7-6-11/h2,4,8-9,11,20H,3,5-7H2,1H3,(H,17,21). The van der Waals surface area contributed by atoms with E-state index in [0.29, 0.717) is 5.56 Å². The maximum Gasteiger partial charge on any atom is 0.255 e. The largest absolute Gasteiger partial charge is 0.507 e. The number of carbonyl (C=O) groups excluding carboxylic acids is 1. The summed E-state index contributed by atoms with van der Waals surface area (Å²) in [6, 6.07) is 5.12. The first-order valence-electron chi connectivity index (χ1n) is 7.10. The molecular formula is C15H18N4O2. The van der Waals surface area contributed by atoms with Crippen LogP contribution in [0.25, 0.3) is 0 Å². The Morgan fingerprint density at radius 3 is 3.14 bits per heavy atom. The molecule has 1 amide bonds. The highest BCUT2D eigenvalue weighted by Crippen LogP contribution is 2.19. The number of carbonyl (C=O) groups is 1. The number of hydrogen-bond acceptors (Lipinski definition) is 4. The highest BCUT2D eigenvalue weighted by molar-refractivity contribution is 5.97. The van der Waals surface area contributed by atoms with Crippen molar-refractivity contribution in [2.24, 2.45) is 0 Å². The van der Waals surface area contributed by atoms with E-state index in [1.807, 2.05) is 11.5 Å². The first-order valence-corrected chi connectivity index (χ1v) is 7.10. The van der Waals surface area contributed by atoms with Crippen LogP contribution in [0.15, 0.2) is 24.5 Å². The third kappa shape index (κ3) is 2.89. The highest BCUT2D eigenvalue weighted by Gasteiger charge is 2.20. The first-order chi connectivity index (χ1) is 10.1. The molecule has 0 spiro atoms. The molecular weight excluding hydrogens is 268 g/mol. The number of aryl methyl sites for hydroxylation is 3. The van der Waals surface area contributed by atoms with Gasteiger partial charge in [0.05, 0.1) is 5.56 Å². The van der Waals surface area contributed by atoms with E-state index in [2.05, 4.69) is 15.5 Å². The van der Waals surface area contributed by atoms with Gasteiger partial charge in [-0.2, -0.15) is 0 Å². The highest BCUT2D eigenvalue weighted by atomic mass is 16.3. The number of fused-ring (bicyclic) bond motifs is 1. The molecule has 2 heterocycles. The predicted octanol–water partition coefficient (Wildman–Crippen LogP) is 1.43. The average Bonchev–Trinajstić information content (AvgIpc) is 2.84. The molecule has 6 heteroatoms. The van der Waals surface area contributed by atoms with Crippen LogP contribution in [0.5, 0.6) is 5.75 Å². The molecule has 0 fully saturated rings. The van der Waals surface area contributed by atoms with Crippen molar-refractivity contribution < 1.29 is 9.90 Å². The monoisotopic (exact) mass is 286 g/mol. The van der Waals surface area contributed by atoms with Gasteiger partial charge in [-0.05, 0) is 31.9 Å². The van der Waals surface area contributed by atoms with Gasteiger partial charge in [0.25, 0.3) is 5.91 Å². The molecule has 0 bridgehead atoms. The van der Waals surface area contributed by atoms with Crippen LogP contribution >= 0.6 is 0 Å². The molecule has 2 N–H and O–H groups in total. The van der Waals surface area contributed by atoms with Crippen LogP contribution in [-0.4, -0.2) is 31.8 Å². The van der Waals surface area contributed by atoms with Crippen molar-refractivity contribution in [2.45, 2.75) is 38.8 Å². The van der Waals surface area contributed by atoms with Crippen molar-refractivity contribution >= 4 is 5.91 Å². The fourth-order valence-electron chi connectivity index (χ4n) is 2.64. The molecule has 1 aromatic heterocycles. The van der Waals surface area contributed by atoms with Gasteiger partial charge in [-0.15, -0.1) is 10.2 Å². The van der Waals surface area contributed by atoms with Gasteiger partial charge in [-0.25, -0.2) is 0 Å². The molecule has 21 heavy (non-hydrogen) atoms. The molecule has 0 saturated carbocycles. The molecule has 1 aliphatic rings. The van der Waals surface area contributed by atoms with Crippen molar-refractivity contribution in [1.82, 2.24) is 20.1 Å². The van der Waals surface area contributed by atoms with E-state index in [1.165, 1.54) is 0 Å². The predicted molar refractivity (Wildman–Crippen MR) is 77.1 cm³/mol. The summed E-state index contributed by atoms with van der Waals surface area (Å²) in [5.41, 5.74) is 1.28. The van der Waals surface area contributed by atoms with Gasteiger partial charge in [-0.1, -0.05) is 11.6 Å². The zero-order valence-corrected chi connectivity index (χ0v) is 11.9. The van der Waals surface area contributed by atoms with E-state index in [4.69, 9.17) is 0 Å². The molecule has 3 rings (SSSR count). The van der Waals surface area contributed by atoms with Crippen LogP contribution in [0.1, 0.15) is 34.6 Å². The maximum absolute atomic E-state index is 12.3. The van der Waals surface area contributed by atoms with Gasteiger partial charge in [0, 0.05) is 19.0 Å². The van der Waals surface area contributed by atoms with Crippen molar-refractivity contribution in [3.05, 3.63) is 41.5 Å². The average molecular weight is 286 g/mol. The van der Waals surface area contributed by atoms with Gasteiger partial charge in [0.15, 0.2) is 0 Å². The lowest BCUT2D eigenvalue weighted by Gasteiger charge is -2.16. The number of aromatic nitrogens is 3. The van der Waals surface area contributed by atoms with Crippen molar-refractivity contribution in [2.75, 3.05) is 0 Å². The second kappa shape index (κ2) is 5.55. The fraction of sp³-hybridized carbons (Fsp3) is 0.400. The summed E-state index contributed by atoms with van der Waals surface area (Å²) < 4.78 is 2.02. The molecule has 1 unspecified atom stereocenters. The molecule has 2 aromatic rings. The maximum atomic E-state index is 12.3. The number of hydrogen-bond donors (Lipinski definition) is 2. The van der Waals surface area contributed by atoms with E-state index in [0.717, 1.165) is 37.2 Å². The number of amides is 1. The molecule has 0 radical (unpaired) electrons. The molecule has 1 aliphatic heterocycles. The minimum atomic E-state index is -0.223. The fourth-order valence-corrected chi connectivity index (χ4v) is 2.64. The second-order valence-corrected chi connectivity index (χ2v) is 5.46. The summed E-state index contributed by atoms with van der Waals surface area (Å²) in [6.45, 7) is 2.70. The van der Waals surface area contributed by atoms with E-state index < -0.39 is 0 Å². The van der Waals surface area contributed by atoms with Crippen molar-refractivity contribution in [3.63, 3.8) is 0 Å². The Bertz CT molecular complexity index is 643. The second-order valence-electron chi connectivity index (χ2n) is 5.46. The summed E-state index contributed by atoms with van der Waals surface area (Å²) in [7, 11) is 0. The Morgan fingerprint density at radius 2 is 2.29 bits per heavy atom. The lowest BCUT2D eigenvalue weighted by atomic mass is 10.1. The van der Waals surface area contributed by atoms with E-state index in [-0.39, 0.29) is 17.7 Å². The summed E-state index contributed by atoms with van der Waals surface area (Å²) in [5, 5.41) is 20.8. The van der Waals surface area contributed by atoms with Gasteiger partial charge in [-0.3, -0.25) is 4.79 Å². The van der Waals surface area contributed by atoms with Crippen LogP contribution in [0, 0.1) is 6.92 Å². The lowest BCUT2D eigenvalue weighted by molar-refractivity contribution is 0.0930. The van der Waals surface area contributed by atoms with Gasteiger partial charge in [0.2, 0.25) is 0 Å². The summed E-state index contributed by atoms with van der Waals surface area (Å²) >= 11 is 0. The number of phenols is 1. The number of aromatic hydroxyl groups is 1. The SMILES string of the molecule is Cc1ccc(O)c(C(=O)NC2CCc3nncn3CC2)c1. The molecule has 0 saturated heterocycles. The lowest BCUT2D eigenvalue weighted by Crippen LogP contribution is -2.35. The van der Waals surface area contributed by atoms with Crippen molar-refractivity contribution in [1.29, 1.82) is 0 Å².